The molecule has 1 aliphatic heterocycles. The summed E-state index contributed by atoms with van der Waals surface area (Å²) < 4.78 is 5.55. The maximum atomic E-state index is 6.16. The highest BCUT2D eigenvalue weighted by Crippen LogP contribution is 2.26. The van der Waals surface area contributed by atoms with Crippen molar-refractivity contribution in [3.8, 4) is 5.75 Å². The molecule has 1 fully saturated rings. The molecule has 2 N–H and O–H groups in total. The third kappa shape index (κ3) is 2.77. The Labute approximate surface area is 115 Å². The van der Waals surface area contributed by atoms with Crippen LogP contribution in [0.1, 0.15) is 30.4 Å². The van der Waals surface area contributed by atoms with Gasteiger partial charge in [0.1, 0.15) is 5.75 Å². The fourth-order valence-electron chi connectivity index (χ4n) is 3.38. The minimum atomic E-state index is 0.374. The highest BCUT2D eigenvalue weighted by molar-refractivity contribution is 5.39. The Morgan fingerprint density at radius 2 is 2.26 bits per heavy atom. The predicted molar refractivity (Wildman–Crippen MR) is 77.6 cm³/mol. The van der Waals surface area contributed by atoms with Gasteiger partial charge in [-0.1, -0.05) is 18.6 Å². The third-order valence-electron chi connectivity index (χ3n) is 4.60. The van der Waals surface area contributed by atoms with Crippen LogP contribution in [0.4, 0.5) is 0 Å². The van der Waals surface area contributed by atoms with Gasteiger partial charge < -0.3 is 15.4 Å². The molecule has 0 aromatic heterocycles. The van der Waals surface area contributed by atoms with Gasteiger partial charge in [-0.2, -0.15) is 0 Å². The lowest BCUT2D eigenvalue weighted by atomic mass is 10.1. The van der Waals surface area contributed by atoms with E-state index in [0.29, 0.717) is 12.1 Å². The largest absolute Gasteiger partial charge is 0.493 e. The molecule has 0 amide bonds. The van der Waals surface area contributed by atoms with Gasteiger partial charge in [-0.15, -0.1) is 0 Å². The van der Waals surface area contributed by atoms with E-state index in [2.05, 4.69) is 30.1 Å². The van der Waals surface area contributed by atoms with Crippen molar-refractivity contribution in [1.82, 2.24) is 4.90 Å². The molecule has 3 rings (SSSR count). The van der Waals surface area contributed by atoms with Crippen LogP contribution in [-0.2, 0) is 12.8 Å². The monoisotopic (exact) mass is 260 g/mol. The summed E-state index contributed by atoms with van der Waals surface area (Å²) in [5.41, 5.74) is 8.96. The van der Waals surface area contributed by atoms with Gasteiger partial charge in [0, 0.05) is 25.0 Å². The lowest BCUT2D eigenvalue weighted by Gasteiger charge is -2.27. The summed E-state index contributed by atoms with van der Waals surface area (Å²) in [6, 6.07) is 7.59. The van der Waals surface area contributed by atoms with E-state index in [0.717, 1.165) is 31.7 Å². The average Bonchev–Trinajstić information content (AvgIpc) is 3.03. The van der Waals surface area contributed by atoms with Gasteiger partial charge in [0.25, 0.3) is 0 Å². The molecule has 0 bridgehead atoms. The van der Waals surface area contributed by atoms with E-state index in [1.807, 2.05) is 0 Å². The van der Waals surface area contributed by atoms with Crippen LogP contribution in [0, 0.1) is 0 Å². The third-order valence-corrected chi connectivity index (χ3v) is 4.60. The summed E-state index contributed by atoms with van der Waals surface area (Å²) in [6.07, 6.45) is 5.90. The number of likely N-dealkylation sites (N-methyl/N-ethyl adjacent to an activating group) is 1. The van der Waals surface area contributed by atoms with Gasteiger partial charge in [-0.05, 0) is 43.5 Å². The normalized spacial score (nSPS) is 25.6. The number of nitrogens with zero attached hydrogens (tertiary/aromatic N) is 1. The molecule has 1 aromatic carbocycles. The number of rotatable bonds is 4. The minimum Gasteiger partial charge on any atom is -0.493 e. The fraction of sp³-hybridized carbons (Fsp3) is 0.625. The first-order chi connectivity index (χ1) is 9.24. The zero-order valence-corrected chi connectivity index (χ0v) is 11.8. The zero-order chi connectivity index (χ0) is 13.2. The van der Waals surface area contributed by atoms with E-state index in [4.69, 9.17) is 10.5 Å². The second-order valence-electron chi connectivity index (χ2n) is 5.93. The van der Waals surface area contributed by atoms with Crippen molar-refractivity contribution >= 4 is 0 Å². The number of benzene rings is 1. The first-order valence-corrected chi connectivity index (χ1v) is 7.44. The topological polar surface area (TPSA) is 38.5 Å². The smallest absolute Gasteiger partial charge is 0.122 e. The Kier molecular flexibility index (Phi) is 3.76. The van der Waals surface area contributed by atoms with E-state index < -0.39 is 0 Å². The van der Waals surface area contributed by atoms with Crippen molar-refractivity contribution in [1.29, 1.82) is 0 Å². The van der Waals surface area contributed by atoms with E-state index >= 15 is 0 Å². The van der Waals surface area contributed by atoms with Crippen LogP contribution in [0.25, 0.3) is 0 Å². The maximum absolute atomic E-state index is 6.16. The average molecular weight is 260 g/mol. The van der Waals surface area contributed by atoms with Gasteiger partial charge in [0.2, 0.25) is 0 Å². The first-order valence-electron chi connectivity index (χ1n) is 7.44. The number of nitrogens with two attached hydrogens (primary N) is 1. The van der Waals surface area contributed by atoms with Crippen molar-refractivity contribution in [3.63, 3.8) is 0 Å². The lowest BCUT2D eigenvalue weighted by molar-refractivity contribution is 0.231. The van der Waals surface area contributed by atoms with Crippen LogP contribution in [0.2, 0.25) is 0 Å². The molecule has 0 spiro atoms. The Balaban J connectivity index is 1.57. The molecule has 1 saturated carbocycles. The summed E-state index contributed by atoms with van der Waals surface area (Å²) in [4.78, 5) is 2.45. The Morgan fingerprint density at radius 3 is 3.05 bits per heavy atom. The van der Waals surface area contributed by atoms with Crippen molar-refractivity contribution in [2.75, 3.05) is 20.2 Å². The second kappa shape index (κ2) is 5.51. The molecule has 2 atom stereocenters. The molecular formula is C16H24N2O. The first kappa shape index (κ1) is 12.9. The van der Waals surface area contributed by atoms with Crippen LogP contribution < -0.4 is 10.5 Å². The quantitative estimate of drug-likeness (QED) is 0.899. The summed E-state index contributed by atoms with van der Waals surface area (Å²) >= 11 is 0. The molecule has 1 aliphatic carbocycles. The predicted octanol–water partition coefficient (Wildman–Crippen LogP) is 1.98. The van der Waals surface area contributed by atoms with Crippen LogP contribution >= 0.6 is 0 Å². The van der Waals surface area contributed by atoms with Gasteiger partial charge in [-0.3, -0.25) is 0 Å². The second-order valence-corrected chi connectivity index (χ2v) is 5.93. The van der Waals surface area contributed by atoms with Gasteiger partial charge in [-0.25, -0.2) is 0 Å². The Morgan fingerprint density at radius 1 is 1.37 bits per heavy atom. The van der Waals surface area contributed by atoms with Crippen molar-refractivity contribution < 1.29 is 4.74 Å². The number of fused-ring (bicyclic) bond motifs is 1. The summed E-state index contributed by atoms with van der Waals surface area (Å²) in [6.45, 7) is 1.94. The molecule has 3 nitrogen and oxygen atoms in total. The van der Waals surface area contributed by atoms with Crippen molar-refractivity contribution in [3.05, 3.63) is 29.3 Å². The van der Waals surface area contributed by atoms with Crippen LogP contribution in [0.3, 0.4) is 0 Å². The minimum absolute atomic E-state index is 0.374. The number of hydrogen-bond acceptors (Lipinski definition) is 3. The highest BCUT2D eigenvalue weighted by Gasteiger charge is 2.27. The zero-order valence-electron chi connectivity index (χ0n) is 11.8. The van der Waals surface area contributed by atoms with Crippen LogP contribution in [-0.4, -0.2) is 37.2 Å². The van der Waals surface area contributed by atoms with Crippen LogP contribution in [0.15, 0.2) is 18.2 Å². The molecule has 3 heteroatoms. The maximum Gasteiger partial charge on any atom is 0.122 e. The van der Waals surface area contributed by atoms with E-state index in [1.54, 1.807) is 0 Å². The van der Waals surface area contributed by atoms with Crippen molar-refractivity contribution in [2.24, 2.45) is 5.73 Å². The summed E-state index contributed by atoms with van der Waals surface area (Å²) in [5.74, 6) is 1.08. The molecule has 2 aliphatic rings. The highest BCUT2D eigenvalue weighted by atomic mass is 16.5. The summed E-state index contributed by atoms with van der Waals surface area (Å²) in [7, 11) is 2.21. The molecule has 19 heavy (non-hydrogen) atoms. The Hall–Kier alpha value is -1.06. The molecular weight excluding hydrogens is 236 g/mol. The molecule has 0 saturated heterocycles. The molecule has 2 unspecified atom stereocenters. The molecule has 1 heterocycles. The standard InChI is InChI=1S/C16H24N2O/c1-18(15-4-2-3-14(15)17)9-7-12-5-6-16-13(11-12)8-10-19-16/h5-6,11,14-15H,2-4,7-10,17H2,1H3. The van der Waals surface area contributed by atoms with Gasteiger partial charge in [0.05, 0.1) is 6.61 Å². The SMILES string of the molecule is CN(CCc1ccc2c(c1)CCO2)C1CCCC1N. The van der Waals surface area contributed by atoms with E-state index in [1.165, 1.54) is 30.4 Å². The Bertz CT molecular complexity index is 446. The van der Waals surface area contributed by atoms with E-state index in [9.17, 15) is 0 Å². The fourth-order valence-corrected chi connectivity index (χ4v) is 3.38. The lowest BCUT2D eigenvalue weighted by Crippen LogP contribution is -2.43. The molecule has 1 aromatic rings. The van der Waals surface area contributed by atoms with Gasteiger partial charge >= 0.3 is 0 Å². The van der Waals surface area contributed by atoms with Gasteiger partial charge in [0.15, 0.2) is 0 Å². The van der Waals surface area contributed by atoms with Crippen molar-refractivity contribution in [2.45, 2.75) is 44.2 Å². The number of hydrogen-bond donors (Lipinski definition) is 1. The van der Waals surface area contributed by atoms with E-state index in [-0.39, 0.29) is 0 Å². The molecule has 104 valence electrons. The molecule has 0 radical (unpaired) electrons. The van der Waals surface area contributed by atoms with Crippen LogP contribution in [0.5, 0.6) is 5.75 Å². The summed E-state index contributed by atoms with van der Waals surface area (Å²) in [5, 5.41) is 0. The number of ether oxygens (including phenoxy) is 1.